The van der Waals surface area contributed by atoms with Gasteiger partial charge in [0.1, 0.15) is 0 Å². The van der Waals surface area contributed by atoms with Crippen molar-refractivity contribution in [3.05, 3.63) is 111 Å². The average molecular weight is 685 g/mol. The molecule has 1 aromatic heterocycles. The van der Waals surface area contributed by atoms with Gasteiger partial charge in [-0.05, 0) is 106 Å². The number of ketones is 1. The van der Waals surface area contributed by atoms with Crippen LogP contribution in [0.2, 0.25) is 10.0 Å². The number of alkyl halides is 3. The number of nitrogens with one attached hydrogen (secondary N) is 1. The van der Waals surface area contributed by atoms with E-state index in [9.17, 15) is 22.8 Å². The first-order valence-corrected chi connectivity index (χ1v) is 16.4. The van der Waals surface area contributed by atoms with Crippen molar-refractivity contribution in [2.45, 2.75) is 50.9 Å². The highest BCUT2D eigenvalue weighted by Crippen LogP contribution is 2.36. The molecule has 7 nitrogen and oxygen atoms in total. The minimum atomic E-state index is -4.66. The first-order chi connectivity index (χ1) is 22.5. The first-order valence-electron chi connectivity index (χ1n) is 15.7. The molecule has 3 aromatic carbocycles. The fourth-order valence-corrected chi connectivity index (χ4v) is 6.81. The minimum Gasteiger partial charge on any atom is -0.321 e. The lowest BCUT2D eigenvalue weighted by Crippen LogP contribution is -2.46. The molecule has 4 aromatic rings. The van der Waals surface area contributed by atoms with Gasteiger partial charge < -0.3 is 10.2 Å². The third kappa shape index (κ3) is 7.89. The molecule has 0 aliphatic carbocycles. The second kappa shape index (κ2) is 14.2. The number of piperidine rings is 2. The van der Waals surface area contributed by atoms with Gasteiger partial charge in [-0.15, -0.1) is 0 Å². The van der Waals surface area contributed by atoms with Crippen LogP contribution in [0.4, 0.5) is 18.9 Å². The summed E-state index contributed by atoms with van der Waals surface area (Å²) in [6, 6.07) is 16.0. The second-order valence-corrected chi connectivity index (χ2v) is 13.0. The second-order valence-electron chi connectivity index (χ2n) is 12.1. The summed E-state index contributed by atoms with van der Waals surface area (Å²) in [5.41, 5.74) is 1.00. The number of anilines is 1. The Bertz CT molecular complexity index is 1760. The van der Waals surface area contributed by atoms with Gasteiger partial charge in [0.05, 0.1) is 33.7 Å². The van der Waals surface area contributed by atoms with E-state index in [2.05, 4.69) is 20.2 Å². The van der Waals surface area contributed by atoms with E-state index in [4.69, 9.17) is 23.2 Å². The molecule has 0 radical (unpaired) electrons. The standard InChI is InChI=1S/C35H34Cl2F3N5O2/c36-26-7-10-32(29(18-26)33(46)25-20-41-45(22-25)28-8-9-31(37)30(19-28)35(38,39)40)42-34(47)24-6-4-5-23(17-24)21-43-15-11-27(12-16-43)44-13-2-1-3-14-44/h4-10,17-20,22,27H,1-3,11-16,21H2,(H,42,47). The van der Waals surface area contributed by atoms with E-state index in [1.165, 1.54) is 56.9 Å². The van der Waals surface area contributed by atoms with E-state index in [0.717, 1.165) is 54.9 Å². The Labute approximate surface area is 281 Å². The van der Waals surface area contributed by atoms with E-state index in [1.54, 1.807) is 18.2 Å². The molecule has 0 atom stereocenters. The lowest BCUT2D eigenvalue weighted by Gasteiger charge is -2.40. The van der Waals surface area contributed by atoms with Crippen LogP contribution in [0.15, 0.2) is 73.1 Å². The van der Waals surface area contributed by atoms with Gasteiger partial charge in [0.25, 0.3) is 5.91 Å². The first kappa shape index (κ1) is 33.2. The smallest absolute Gasteiger partial charge is 0.321 e. The molecule has 2 aliphatic rings. The third-order valence-electron chi connectivity index (χ3n) is 8.90. The SMILES string of the molecule is O=C(Nc1ccc(Cl)cc1C(=O)c1cnn(-c2ccc(Cl)c(C(F)(F)F)c2)c1)c1cccc(CN2CCC(N3CCCCC3)CC2)c1. The molecule has 6 rings (SSSR count). The molecule has 2 aliphatic heterocycles. The number of nitrogens with zero attached hydrogens (tertiary/aromatic N) is 4. The summed E-state index contributed by atoms with van der Waals surface area (Å²) in [6.07, 6.45) is 4.14. The maximum Gasteiger partial charge on any atom is 0.417 e. The topological polar surface area (TPSA) is 70.5 Å². The molecule has 3 heterocycles. The largest absolute Gasteiger partial charge is 0.417 e. The number of amides is 1. The van der Waals surface area contributed by atoms with Crippen molar-refractivity contribution in [2.75, 3.05) is 31.5 Å². The summed E-state index contributed by atoms with van der Waals surface area (Å²) in [4.78, 5) is 32.1. The quantitative estimate of drug-likeness (QED) is 0.190. The Morgan fingerprint density at radius 2 is 1.66 bits per heavy atom. The highest BCUT2D eigenvalue weighted by atomic mass is 35.5. The number of aromatic nitrogens is 2. The van der Waals surface area contributed by atoms with Crippen LogP contribution < -0.4 is 5.32 Å². The number of carbonyl (C=O) groups is 2. The number of carbonyl (C=O) groups excluding carboxylic acids is 2. The van der Waals surface area contributed by atoms with Gasteiger partial charge in [-0.25, -0.2) is 4.68 Å². The number of rotatable bonds is 8. The van der Waals surface area contributed by atoms with Crippen molar-refractivity contribution >= 4 is 40.6 Å². The fourth-order valence-electron chi connectivity index (χ4n) is 6.41. The van der Waals surface area contributed by atoms with Gasteiger partial charge in [-0.1, -0.05) is 41.8 Å². The summed E-state index contributed by atoms with van der Waals surface area (Å²) in [5.74, 6) is -0.899. The average Bonchev–Trinajstić information content (AvgIpc) is 3.56. The van der Waals surface area contributed by atoms with Crippen molar-refractivity contribution in [2.24, 2.45) is 0 Å². The van der Waals surface area contributed by atoms with Crippen molar-refractivity contribution in [3.8, 4) is 5.69 Å². The van der Waals surface area contributed by atoms with Gasteiger partial charge in [0.15, 0.2) is 5.78 Å². The molecule has 2 fully saturated rings. The van der Waals surface area contributed by atoms with Crippen LogP contribution in [0.25, 0.3) is 5.69 Å². The molecule has 1 amide bonds. The van der Waals surface area contributed by atoms with Crippen molar-refractivity contribution in [1.29, 1.82) is 0 Å². The molecule has 246 valence electrons. The molecule has 0 unspecified atom stereocenters. The van der Waals surface area contributed by atoms with Gasteiger partial charge in [0.2, 0.25) is 0 Å². The predicted molar refractivity (Wildman–Crippen MR) is 177 cm³/mol. The molecule has 0 spiro atoms. The van der Waals surface area contributed by atoms with Gasteiger partial charge >= 0.3 is 6.18 Å². The summed E-state index contributed by atoms with van der Waals surface area (Å²) >= 11 is 12.0. The van der Waals surface area contributed by atoms with Gasteiger partial charge in [0, 0.05) is 34.9 Å². The van der Waals surface area contributed by atoms with E-state index in [1.807, 2.05) is 18.2 Å². The molecule has 0 saturated carbocycles. The van der Waals surface area contributed by atoms with Crippen LogP contribution in [-0.4, -0.2) is 63.5 Å². The Hall–Kier alpha value is -3.70. The summed E-state index contributed by atoms with van der Waals surface area (Å²) in [7, 11) is 0. The normalized spacial score (nSPS) is 16.7. The Balaban J connectivity index is 1.13. The molecule has 12 heteroatoms. The lowest BCUT2D eigenvalue weighted by molar-refractivity contribution is -0.137. The molecule has 0 bridgehead atoms. The van der Waals surface area contributed by atoms with Crippen molar-refractivity contribution < 1.29 is 22.8 Å². The molecular weight excluding hydrogens is 650 g/mol. The summed E-state index contributed by atoms with van der Waals surface area (Å²) < 4.78 is 41.3. The predicted octanol–water partition coefficient (Wildman–Crippen LogP) is 8.13. The highest BCUT2D eigenvalue weighted by Gasteiger charge is 2.33. The van der Waals surface area contributed by atoms with Crippen LogP contribution in [0.1, 0.15) is 69.5 Å². The molecule has 2 saturated heterocycles. The Morgan fingerprint density at radius 3 is 2.40 bits per heavy atom. The number of halogens is 5. The molecular formula is C35H34Cl2F3N5O2. The van der Waals surface area contributed by atoms with Crippen molar-refractivity contribution in [3.63, 3.8) is 0 Å². The zero-order chi connectivity index (χ0) is 33.1. The van der Waals surface area contributed by atoms with Crippen LogP contribution in [-0.2, 0) is 12.7 Å². The van der Waals surface area contributed by atoms with Gasteiger partial charge in [-0.2, -0.15) is 18.3 Å². The van der Waals surface area contributed by atoms with E-state index in [0.29, 0.717) is 11.6 Å². The maximum atomic E-state index is 13.6. The number of hydrogen-bond donors (Lipinski definition) is 1. The van der Waals surface area contributed by atoms with Crippen molar-refractivity contribution in [1.82, 2.24) is 19.6 Å². The number of hydrogen-bond acceptors (Lipinski definition) is 5. The number of likely N-dealkylation sites (tertiary alicyclic amines) is 2. The van der Waals surface area contributed by atoms with Crippen LogP contribution in [0, 0.1) is 0 Å². The zero-order valence-electron chi connectivity index (χ0n) is 25.6. The fraction of sp³-hybridized carbons (Fsp3) is 0.343. The minimum absolute atomic E-state index is 0.0756. The van der Waals surface area contributed by atoms with E-state index < -0.39 is 22.5 Å². The van der Waals surface area contributed by atoms with E-state index in [-0.39, 0.29) is 33.4 Å². The molecule has 1 N–H and O–H groups in total. The van der Waals surface area contributed by atoms with E-state index >= 15 is 0 Å². The van der Waals surface area contributed by atoms with Crippen LogP contribution >= 0.6 is 23.2 Å². The molecule has 47 heavy (non-hydrogen) atoms. The summed E-state index contributed by atoms with van der Waals surface area (Å²) in [5, 5.41) is 6.77. The zero-order valence-corrected chi connectivity index (χ0v) is 27.1. The number of benzene rings is 3. The van der Waals surface area contributed by atoms with Crippen LogP contribution in [0.5, 0.6) is 0 Å². The lowest BCUT2D eigenvalue weighted by atomic mass is 9.99. The highest BCUT2D eigenvalue weighted by molar-refractivity contribution is 6.32. The van der Waals surface area contributed by atoms with Crippen LogP contribution in [0.3, 0.4) is 0 Å². The monoisotopic (exact) mass is 683 g/mol. The Morgan fingerprint density at radius 1 is 0.894 bits per heavy atom. The Kier molecular flexibility index (Phi) is 10.0. The van der Waals surface area contributed by atoms with Gasteiger partial charge in [-0.3, -0.25) is 14.5 Å². The third-order valence-corrected chi connectivity index (χ3v) is 9.46. The summed E-state index contributed by atoms with van der Waals surface area (Å²) in [6.45, 7) is 5.21. The maximum absolute atomic E-state index is 13.6.